The van der Waals surface area contributed by atoms with Crippen LogP contribution < -0.4 is 5.32 Å². The van der Waals surface area contributed by atoms with Crippen LogP contribution in [-0.4, -0.2) is 37.3 Å². The van der Waals surface area contributed by atoms with E-state index in [9.17, 15) is 8.42 Å². The lowest BCUT2D eigenvalue weighted by Gasteiger charge is -2.30. The molecule has 2 rings (SSSR count). The average molecular weight is 311 g/mol. The van der Waals surface area contributed by atoms with E-state index in [0.29, 0.717) is 18.3 Å². The van der Waals surface area contributed by atoms with Crippen molar-refractivity contribution in [2.45, 2.75) is 50.5 Å². The number of aromatic nitrogens is 1. The maximum Gasteiger partial charge on any atom is 0.247 e. The first-order chi connectivity index (χ1) is 9.96. The van der Waals surface area contributed by atoms with Crippen molar-refractivity contribution in [1.29, 1.82) is 0 Å². The molecule has 0 atom stereocenters. The Morgan fingerprint density at radius 3 is 2.62 bits per heavy atom. The Labute approximate surface area is 127 Å². The van der Waals surface area contributed by atoms with Gasteiger partial charge in [0.15, 0.2) is 0 Å². The summed E-state index contributed by atoms with van der Waals surface area (Å²) in [6.45, 7) is 4.67. The van der Waals surface area contributed by atoms with Crippen molar-refractivity contribution >= 4 is 15.8 Å². The largest absolute Gasteiger partial charge is 0.372 e. The van der Waals surface area contributed by atoms with Crippen LogP contribution in [0.4, 0.5) is 5.82 Å². The van der Waals surface area contributed by atoms with E-state index in [1.54, 1.807) is 29.7 Å². The van der Waals surface area contributed by atoms with Crippen molar-refractivity contribution < 1.29 is 8.42 Å². The quantitative estimate of drug-likeness (QED) is 0.877. The van der Waals surface area contributed by atoms with Gasteiger partial charge in [-0.25, -0.2) is 13.4 Å². The van der Waals surface area contributed by atoms with Crippen LogP contribution in [-0.2, 0) is 10.0 Å². The van der Waals surface area contributed by atoms with Gasteiger partial charge in [-0.2, -0.15) is 4.31 Å². The molecule has 0 spiro atoms. The molecule has 1 saturated carbocycles. The van der Waals surface area contributed by atoms with Crippen LogP contribution in [0.1, 0.15) is 39.5 Å². The highest BCUT2D eigenvalue weighted by Crippen LogP contribution is 2.31. The number of pyridine rings is 1. The summed E-state index contributed by atoms with van der Waals surface area (Å²) in [6, 6.07) is 3.44. The first kappa shape index (κ1) is 16.2. The average Bonchev–Trinajstić information content (AvgIpc) is 2.98. The molecule has 0 aromatic carbocycles. The molecule has 1 N–H and O–H groups in total. The number of nitrogens with one attached hydrogen (secondary N) is 1. The highest BCUT2D eigenvalue weighted by molar-refractivity contribution is 7.89. The molecule has 1 fully saturated rings. The summed E-state index contributed by atoms with van der Waals surface area (Å²) in [5.74, 6) is 0.722. The van der Waals surface area contributed by atoms with Gasteiger partial charge in [0.1, 0.15) is 10.7 Å². The van der Waals surface area contributed by atoms with Crippen LogP contribution in [0.2, 0.25) is 0 Å². The molecule has 118 valence electrons. The van der Waals surface area contributed by atoms with Gasteiger partial charge in [-0.3, -0.25) is 0 Å². The molecule has 0 aliphatic heterocycles. The third-order valence-corrected chi connectivity index (χ3v) is 5.82. The fraction of sp³-hybridized carbons (Fsp3) is 0.667. The monoisotopic (exact) mass is 311 g/mol. The minimum absolute atomic E-state index is 0.127. The Morgan fingerprint density at radius 2 is 2.05 bits per heavy atom. The Hall–Kier alpha value is -1.14. The lowest BCUT2D eigenvalue weighted by Crippen LogP contribution is -2.41. The van der Waals surface area contributed by atoms with Gasteiger partial charge in [-0.05, 0) is 30.9 Å². The predicted molar refractivity (Wildman–Crippen MR) is 84.8 cm³/mol. The van der Waals surface area contributed by atoms with Gasteiger partial charge in [0.05, 0.1) is 0 Å². The van der Waals surface area contributed by atoms with Crippen LogP contribution in [0.25, 0.3) is 0 Å². The van der Waals surface area contributed by atoms with Crippen molar-refractivity contribution in [2.24, 2.45) is 5.92 Å². The Balaban J connectivity index is 2.41. The van der Waals surface area contributed by atoms with Gasteiger partial charge in [0, 0.05) is 25.8 Å². The molecular weight excluding hydrogens is 286 g/mol. The smallest absolute Gasteiger partial charge is 0.247 e. The fourth-order valence-corrected chi connectivity index (χ4v) is 4.91. The minimum Gasteiger partial charge on any atom is -0.372 e. The molecule has 1 aliphatic carbocycles. The Morgan fingerprint density at radius 1 is 1.38 bits per heavy atom. The SMILES string of the molecule is CNc1ncccc1S(=O)(=O)N(CC(C)C)C1CCCC1. The number of nitrogens with zero attached hydrogens (tertiary/aromatic N) is 2. The molecule has 1 aromatic heterocycles. The van der Waals surface area contributed by atoms with Gasteiger partial charge in [-0.1, -0.05) is 26.7 Å². The van der Waals surface area contributed by atoms with E-state index in [4.69, 9.17) is 0 Å². The first-order valence-corrected chi connectivity index (χ1v) is 9.05. The lowest BCUT2D eigenvalue weighted by molar-refractivity contribution is 0.292. The molecule has 0 radical (unpaired) electrons. The highest BCUT2D eigenvalue weighted by atomic mass is 32.2. The summed E-state index contributed by atoms with van der Waals surface area (Å²) in [7, 11) is -1.82. The number of hydrogen-bond donors (Lipinski definition) is 1. The Bertz CT molecular complexity index is 566. The topological polar surface area (TPSA) is 62.3 Å². The second-order valence-electron chi connectivity index (χ2n) is 6.01. The van der Waals surface area contributed by atoms with Gasteiger partial charge in [0.25, 0.3) is 0 Å². The molecule has 1 heterocycles. The number of anilines is 1. The molecule has 0 unspecified atom stereocenters. The molecule has 21 heavy (non-hydrogen) atoms. The summed E-state index contributed by atoms with van der Waals surface area (Å²) < 4.78 is 27.9. The van der Waals surface area contributed by atoms with Crippen LogP contribution >= 0.6 is 0 Å². The predicted octanol–water partition coefficient (Wildman–Crippen LogP) is 2.71. The molecule has 1 aliphatic rings. The lowest BCUT2D eigenvalue weighted by atomic mass is 10.2. The summed E-state index contributed by atoms with van der Waals surface area (Å²) in [5, 5.41) is 2.88. The first-order valence-electron chi connectivity index (χ1n) is 7.61. The molecule has 1 aromatic rings. The summed E-state index contributed by atoms with van der Waals surface area (Å²) in [6.07, 6.45) is 5.75. The molecule has 0 amide bonds. The molecular formula is C15H25N3O2S. The standard InChI is InChI=1S/C15H25N3O2S/c1-12(2)11-18(13-7-4-5-8-13)21(19,20)14-9-6-10-17-15(14)16-3/h6,9-10,12-13H,4-5,7-8,11H2,1-3H3,(H,16,17). The number of sulfonamides is 1. The third-order valence-electron chi connectivity index (χ3n) is 3.87. The van der Waals surface area contributed by atoms with Gasteiger partial charge in [-0.15, -0.1) is 0 Å². The number of rotatable bonds is 6. The van der Waals surface area contributed by atoms with Crippen LogP contribution in [0.5, 0.6) is 0 Å². The maximum atomic E-state index is 13.1. The molecule has 5 nitrogen and oxygen atoms in total. The van der Waals surface area contributed by atoms with E-state index >= 15 is 0 Å². The summed E-state index contributed by atoms with van der Waals surface area (Å²) in [4.78, 5) is 4.41. The van der Waals surface area contributed by atoms with E-state index < -0.39 is 10.0 Å². The van der Waals surface area contributed by atoms with Crippen molar-refractivity contribution in [3.63, 3.8) is 0 Å². The molecule has 0 bridgehead atoms. The Kier molecular flexibility index (Phi) is 5.22. The zero-order valence-corrected chi connectivity index (χ0v) is 13.9. The minimum atomic E-state index is -3.51. The normalized spacial score (nSPS) is 16.8. The zero-order valence-electron chi connectivity index (χ0n) is 13.0. The third kappa shape index (κ3) is 3.55. The highest BCUT2D eigenvalue weighted by Gasteiger charge is 2.35. The number of hydrogen-bond acceptors (Lipinski definition) is 4. The fourth-order valence-electron chi connectivity index (χ4n) is 2.91. The van der Waals surface area contributed by atoms with Crippen LogP contribution in [0.3, 0.4) is 0 Å². The second-order valence-corrected chi connectivity index (χ2v) is 7.87. The molecule has 6 heteroatoms. The zero-order chi connectivity index (χ0) is 15.5. The summed E-state index contributed by atoms with van der Waals surface area (Å²) in [5.41, 5.74) is 0. The van der Waals surface area contributed by atoms with Crippen molar-refractivity contribution in [3.05, 3.63) is 18.3 Å². The van der Waals surface area contributed by atoms with E-state index in [0.717, 1.165) is 25.7 Å². The van der Waals surface area contributed by atoms with Crippen molar-refractivity contribution in [2.75, 3.05) is 18.9 Å². The van der Waals surface area contributed by atoms with Crippen molar-refractivity contribution in [1.82, 2.24) is 9.29 Å². The van der Waals surface area contributed by atoms with Crippen molar-refractivity contribution in [3.8, 4) is 0 Å². The van der Waals surface area contributed by atoms with Crippen LogP contribution in [0.15, 0.2) is 23.2 Å². The maximum absolute atomic E-state index is 13.1. The van der Waals surface area contributed by atoms with E-state index in [1.807, 2.05) is 0 Å². The second kappa shape index (κ2) is 6.75. The summed E-state index contributed by atoms with van der Waals surface area (Å²) >= 11 is 0. The van der Waals surface area contributed by atoms with Crippen LogP contribution in [0, 0.1) is 5.92 Å². The van der Waals surface area contributed by atoms with Gasteiger partial charge < -0.3 is 5.32 Å². The van der Waals surface area contributed by atoms with Gasteiger partial charge >= 0.3 is 0 Å². The van der Waals surface area contributed by atoms with E-state index in [2.05, 4.69) is 24.1 Å². The van der Waals surface area contributed by atoms with E-state index in [-0.39, 0.29) is 10.9 Å². The van der Waals surface area contributed by atoms with E-state index in [1.165, 1.54) is 0 Å². The van der Waals surface area contributed by atoms with Gasteiger partial charge in [0.2, 0.25) is 10.0 Å². The molecule has 0 saturated heterocycles.